The number of carboxylic acid groups (broad SMARTS) is 1. The zero-order valence-corrected chi connectivity index (χ0v) is 11.4. The number of aliphatic carboxylic acids is 1. The third kappa shape index (κ3) is 3.78. The Morgan fingerprint density at radius 2 is 2.26 bits per heavy atom. The number of nitrogens with one attached hydrogen (secondary N) is 1. The van der Waals surface area contributed by atoms with E-state index in [1.165, 1.54) is 11.3 Å². The summed E-state index contributed by atoms with van der Waals surface area (Å²) in [5, 5.41) is 8.67. The standard InChI is InChI=1S/C13H17NO4S/c1-8-14-13(17)11(19-8)6-9-4-2-3-5-10(9)18-7-12(15)16/h6,9-10H,1-5,7H2,(H,14,17)(H,15,16)/b11-6-. The molecule has 19 heavy (non-hydrogen) atoms. The fourth-order valence-electron chi connectivity index (χ4n) is 2.40. The van der Waals surface area contributed by atoms with E-state index in [9.17, 15) is 9.59 Å². The largest absolute Gasteiger partial charge is 0.480 e. The summed E-state index contributed by atoms with van der Waals surface area (Å²) < 4.78 is 6.70. The first kappa shape index (κ1) is 14.0. The molecule has 5 nitrogen and oxygen atoms in total. The van der Waals surface area contributed by atoms with E-state index < -0.39 is 5.97 Å². The average molecular weight is 283 g/mol. The molecule has 0 radical (unpaired) electrons. The van der Waals surface area contributed by atoms with E-state index in [1.54, 1.807) is 0 Å². The molecule has 1 heterocycles. The number of carbonyl (C=O) groups is 1. The minimum Gasteiger partial charge on any atom is -0.480 e. The number of aromatic amines is 1. The van der Waals surface area contributed by atoms with Crippen LogP contribution in [-0.4, -0.2) is 28.8 Å². The molecule has 1 aromatic heterocycles. The summed E-state index contributed by atoms with van der Waals surface area (Å²) in [6.45, 7) is 3.43. The van der Waals surface area contributed by atoms with Gasteiger partial charge in [0.15, 0.2) is 0 Å². The molecule has 1 aliphatic carbocycles. The second-order valence-corrected chi connectivity index (χ2v) is 5.84. The van der Waals surface area contributed by atoms with Crippen LogP contribution in [0.3, 0.4) is 0 Å². The summed E-state index contributed by atoms with van der Waals surface area (Å²) in [6, 6.07) is 0. The van der Waals surface area contributed by atoms with Gasteiger partial charge in [0.1, 0.15) is 6.61 Å². The second kappa shape index (κ2) is 6.16. The van der Waals surface area contributed by atoms with E-state index in [1.807, 2.05) is 6.08 Å². The minimum absolute atomic E-state index is 0.104. The second-order valence-electron chi connectivity index (χ2n) is 4.70. The number of H-pyrrole nitrogens is 1. The number of hydrogen-bond donors (Lipinski definition) is 2. The molecule has 2 atom stereocenters. The fourth-order valence-corrected chi connectivity index (χ4v) is 3.19. The third-order valence-electron chi connectivity index (χ3n) is 3.25. The van der Waals surface area contributed by atoms with Crippen LogP contribution >= 0.6 is 11.3 Å². The average Bonchev–Trinajstić information content (AvgIpc) is 2.67. The van der Waals surface area contributed by atoms with Gasteiger partial charge in [-0.2, -0.15) is 0 Å². The van der Waals surface area contributed by atoms with Crippen LogP contribution in [0.2, 0.25) is 0 Å². The lowest BCUT2D eigenvalue weighted by Crippen LogP contribution is -2.31. The van der Waals surface area contributed by atoms with E-state index in [2.05, 4.69) is 11.6 Å². The molecule has 1 saturated carbocycles. The molecule has 2 rings (SSSR count). The first-order valence-corrected chi connectivity index (χ1v) is 7.11. The quantitative estimate of drug-likeness (QED) is 0.832. The molecule has 1 fully saturated rings. The van der Waals surface area contributed by atoms with E-state index in [0.717, 1.165) is 25.7 Å². The van der Waals surface area contributed by atoms with Crippen LogP contribution in [-0.2, 0) is 9.53 Å². The SMILES string of the molecule is C=c1[nH]c(=O)/c(=C/C2CCCCC2OCC(=O)O)s1. The predicted molar refractivity (Wildman–Crippen MR) is 73.5 cm³/mol. The summed E-state index contributed by atoms with van der Waals surface area (Å²) in [5.41, 5.74) is -0.127. The van der Waals surface area contributed by atoms with Gasteiger partial charge in [-0.3, -0.25) is 4.79 Å². The van der Waals surface area contributed by atoms with Crippen LogP contribution in [0.4, 0.5) is 0 Å². The van der Waals surface area contributed by atoms with Crippen molar-refractivity contribution in [1.29, 1.82) is 0 Å². The summed E-state index contributed by atoms with van der Waals surface area (Å²) >= 11 is 1.33. The summed E-state index contributed by atoms with van der Waals surface area (Å²) in [6.07, 6.45) is 5.68. The molecular formula is C13H17NO4S. The summed E-state index contributed by atoms with van der Waals surface area (Å²) in [4.78, 5) is 24.9. The van der Waals surface area contributed by atoms with Crippen molar-refractivity contribution in [2.24, 2.45) is 5.92 Å². The Balaban J connectivity index is 2.18. The molecule has 1 aliphatic rings. The molecule has 0 saturated heterocycles. The van der Waals surface area contributed by atoms with Gasteiger partial charge in [-0.05, 0) is 12.8 Å². The van der Waals surface area contributed by atoms with Crippen molar-refractivity contribution < 1.29 is 14.6 Å². The van der Waals surface area contributed by atoms with Crippen LogP contribution in [0.1, 0.15) is 25.7 Å². The normalized spacial score (nSPS) is 24.5. The van der Waals surface area contributed by atoms with Crippen molar-refractivity contribution in [3.63, 3.8) is 0 Å². The number of thiazole rings is 1. The van der Waals surface area contributed by atoms with Gasteiger partial charge in [0.05, 0.1) is 15.3 Å². The van der Waals surface area contributed by atoms with E-state index in [-0.39, 0.29) is 24.2 Å². The van der Waals surface area contributed by atoms with Crippen LogP contribution in [0.5, 0.6) is 0 Å². The molecular weight excluding hydrogens is 266 g/mol. The van der Waals surface area contributed by atoms with Gasteiger partial charge in [-0.1, -0.05) is 25.5 Å². The highest BCUT2D eigenvalue weighted by atomic mass is 32.1. The highest BCUT2D eigenvalue weighted by Gasteiger charge is 2.24. The Labute approximate surface area is 114 Å². The van der Waals surface area contributed by atoms with Gasteiger partial charge in [0, 0.05) is 5.92 Å². The lowest BCUT2D eigenvalue weighted by atomic mass is 9.86. The molecule has 0 aromatic carbocycles. The Kier molecular flexibility index (Phi) is 4.55. The van der Waals surface area contributed by atoms with Crippen molar-refractivity contribution in [3.05, 3.63) is 19.5 Å². The van der Waals surface area contributed by atoms with Crippen molar-refractivity contribution in [1.82, 2.24) is 4.98 Å². The first-order chi connectivity index (χ1) is 9.06. The Hall–Kier alpha value is -1.40. The summed E-state index contributed by atoms with van der Waals surface area (Å²) in [5.74, 6) is -0.856. The van der Waals surface area contributed by atoms with Crippen LogP contribution < -0.4 is 14.8 Å². The van der Waals surface area contributed by atoms with Crippen LogP contribution in [0.25, 0.3) is 12.7 Å². The van der Waals surface area contributed by atoms with E-state index in [4.69, 9.17) is 9.84 Å². The van der Waals surface area contributed by atoms with Crippen LogP contribution in [0, 0.1) is 5.92 Å². The number of ether oxygens (including phenoxy) is 1. The van der Waals surface area contributed by atoms with Crippen molar-refractivity contribution in [3.8, 4) is 0 Å². The maximum atomic E-state index is 11.6. The van der Waals surface area contributed by atoms with Crippen molar-refractivity contribution in [2.45, 2.75) is 31.8 Å². The molecule has 0 spiro atoms. The topological polar surface area (TPSA) is 79.4 Å². The maximum Gasteiger partial charge on any atom is 0.329 e. The maximum absolute atomic E-state index is 11.6. The number of aromatic nitrogens is 1. The zero-order chi connectivity index (χ0) is 13.8. The minimum atomic E-state index is -0.960. The molecule has 0 aliphatic heterocycles. The lowest BCUT2D eigenvalue weighted by molar-refractivity contribution is -0.145. The van der Waals surface area contributed by atoms with Gasteiger partial charge in [0.25, 0.3) is 5.56 Å². The Bertz CT molecular complexity index is 603. The molecule has 0 bridgehead atoms. The molecule has 104 valence electrons. The highest BCUT2D eigenvalue weighted by Crippen LogP contribution is 2.27. The highest BCUT2D eigenvalue weighted by molar-refractivity contribution is 7.07. The summed E-state index contributed by atoms with van der Waals surface area (Å²) in [7, 11) is 0. The van der Waals surface area contributed by atoms with Gasteiger partial charge >= 0.3 is 5.97 Å². The Morgan fingerprint density at radius 3 is 2.89 bits per heavy atom. The predicted octanol–water partition coefficient (Wildman–Crippen LogP) is 0.287. The molecule has 6 heteroatoms. The molecule has 0 amide bonds. The van der Waals surface area contributed by atoms with Gasteiger partial charge in [0.2, 0.25) is 0 Å². The van der Waals surface area contributed by atoms with E-state index in [0.29, 0.717) is 9.20 Å². The van der Waals surface area contributed by atoms with Gasteiger partial charge in [-0.25, -0.2) is 4.79 Å². The number of hydrogen-bond acceptors (Lipinski definition) is 4. The smallest absolute Gasteiger partial charge is 0.329 e. The molecule has 1 aromatic rings. The molecule has 2 unspecified atom stereocenters. The molecule has 2 N–H and O–H groups in total. The number of rotatable bonds is 4. The van der Waals surface area contributed by atoms with Gasteiger partial charge in [-0.15, -0.1) is 11.3 Å². The lowest BCUT2D eigenvalue weighted by Gasteiger charge is -2.28. The fraction of sp³-hybridized carbons (Fsp3) is 0.538. The van der Waals surface area contributed by atoms with Crippen molar-refractivity contribution >= 4 is 30.0 Å². The zero-order valence-electron chi connectivity index (χ0n) is 10.6. The van der Waals surface area contributed by atoms with E-state index >= 15 is 0 Å². The van der Waals surface area contributed by atoms with Gasteiger partial charge < -0.3 is 14.8 Å². The monoisotopic (exact) mass is 283 g/mol. The number of carboxylic acids is 1. The van der Waals surface area contributed by atoms with Crippen molar-refractivity contribution in [2.75, 3.05) is 6.61 Å². The third-order valence-corrected chi connectivity index (χ3v) is 4.14. The first-order valence-electron chi connectivity index (χ1n) is 6.29. The van der Waals surface area contributed by atoms with Crippen LogP contribution in [0.15, 0.2) is 4.79 Å². The Morgan fingerprint density at radius 1 is 1.53 bits per heavy atom.